The van der Waals surface area contributed by atoms with E-state index in [2.05, 4.69) is 6.92 Å². The zero-order chi connectivity index (χ0) is 16.1. The second-order valence-electron chi connectivity index (χ2n) is 7.34. The average molecular weight is 316 g/mol. The number of fused-ring (bicyclic) bond motifs is 1. The number of ether oxygens (including phenoxy) is 5. The highest BCUT2D eigenvalue weighted by Gasteiger charge is 2.59. The van der Waals surface area contributed by atoms with Crippen LogP contribution in [0.1, 0.15) is 53.9 Å². The third kappa shape index (κ3) is 3.05. The number of aliphatic hydroxyl groups is 1. The number of unbranched alkanes of at least 4 members (excludes halogenated alkanes) is 1. The molecule has 0 spiro atoms. The minimum atomic E-state index is -0.779. The Labute approximate surface area is 132 Å². The molecule has 3 saturated heterocycles. The Morgan fingerprint density at radius 3 is 2.14 bits per heavy atom. The van der Waals surface area contributed by atoms with Crippen LogP contribution in [0.15, 0.2) is 0 Å². The lowest BCUT2D eigenvalue weighted by Gasteiger charge is -2.28. The van der Waals surface area contributed by atoms with Crippen molar-refractivity contribution in [3.05, 3.63) is 0 Å². The number of aliphatic hydroxyl groups excluding tert-OH is 1. The molecule has 0 aromatic carbocycles. The van der Waals surface area contributed by atoms with Crippen molar-refractivity contribution in [2.75, 3.05) is 0 Å². The fraction of sp³-hybridized carbons (Fsp3) is 1.00. The summed E-state index contributed by atoms with van der Waals surface area (Å²) in [7, 11) is 0. The van der Waals surface area contributed by atoms with Crippen molar-refractivity contribution in [3.8, 4) is 0 Å². The first-order valence-corrected chi connectivity index (χ1v) is 8.27. The number of hydrogen-bond donors (Lipinski definition) is 1. The molecule has 0 aromatic heterocycles. The van der Waals surface area contributed by atoms with Crippen LogP contribution in [0.3, 0.4) is 0 Å². The Bertz CT molecular complexity index is 409. The molecule has 0 aromatic rings. The standard InChI is InChI=1S/C16H28O6/c1-6-7-8-9-11(20-15(2,3)19-9)12-10(17)13-14(18-12)22-16(4,5)21-13/h9-14,17H,6-8H2,1-5H3/t9-,10-,11+,12-,13+,14+/m0/s1. The van der Waals surface area contributed by atoms with Crippen LogP contribution in [0.4, 0.5) is 0 Å². The molecule has 3 aliphatic rings. The molecule has 6 nitrogen and oxygen atoms in total. The smallest absolute Gasteiger partial charge is 0.190 e. The van der Waals surface area contributed by atoms with Crippen LogP contribution in [0, 0.1) is 0 Å². The molecule has 3 fully saturated rings. The highest BCUT2D eigenvalue weighted by molar-refractivity contribution is 5.00. The molecule has 0 saturated carbocycles. The van der Waals surface area contributed by atoms with Gasteiger partial charge < -0.3 is 28.8 Å². The van der Waals surface area contributed by atoms with E-state index >= 15 is 0 Å². The Kier molecular flexibility index (Phi) is 4.29. The van der Waals surface area contributed by atoms with Crippen LogP contribution >= 0.6 is 0 Å². The minimum Gasteiger partial charge on any atom is -0.387 e. The lowest BCUT2D eigenvalue weighted by molar-refractivity contribution is -0.232. The number of hydrogen-bond acceptors (Lipinski definition) is 6. The fourth-order valence-corrected chi connectivity index (χ4v) is 3.56. The first-order valence-electron chi connectivity index (χ1n) is 8.27. The molecular weight excluding hydrogens is 288 g/mol. The Morgan fingerprint density at radius 2 is 1.50 bits per heavy atom. The molecule has 3 heterocycles. The van der Waals surface area contributed by atoms with Crippen molar-refractivity contribution in [1.82, 2.24) is 0 Å². The summed E-state index contributed by atoms with van der Waals surface area (Å²) in [5.74, 6) is -1.39. The maximum atomic E-state index is 10.6. The summed E-state index contributed by atoms with van der Waals surface area (Å²) in [5, 5.41) is 10.6. The maximum Gasteiger partial charge on any atom is 0.190 e. The third-order valence-electron chi connectivity index (χ3n) is 4.44. The summed E-state index contributed by atoms with van der Waals surface area (Å²) in [6, 6.07) is 0. The predicted molar refractivity (Wildman–Crippen MR) is 78.1 cm³/mol. The van der Waals surface area contributed by atoms with Gasteiger partial charge in [-0.2, -0.15) is 0 Å². The van der Waals surface area contributed by atoms with Gasteiger partial charge in [-0.1, -0.05) is 19.8 Å². The van der Waals surface area contributed by atoms with Gasteiger partial charge in [0, 0.05) is 0 Å². The summed E-state index contributed by atoms with van der Waals surface area (Å²) in [6.07, 6.45) is 0.350. The van der Waals surface area contributed by atoms with Gasteiger partial charge in [0.25, 0.3) is 0 Å². The van der Waals surface area contributed by atoms with E-state index in [0.717, 1.165) is 19.3 Å². The molecule has 6 atom stereocenters. The molecule has 0 unspecified atom stereocenters. The molecule has 0 aliphatic carbocycles. The van der Waals surface area contributed by atoms with Crippen molar-refractivity contribution < 1.29 is 28.8 Å². The quantitative estimate of drug-likeness (QED) is 0.855. The average Bonchev–Trinajstić information content (AvgIpc) is 2.97. The molecule has 3 aliphatic heterocycles. The van der Waals surface area contributed by atoms with Gasteiger partial charge in [-0.3, -0.25) is 0 Å². The highest BCUT2D eigenvalue weighted by Crippen LogP contribution is 2.42. The zero-order valence-corrected chi connectivity index (χ0v) is 14.1. The zero-order valence-electron chi connectivity index (χ0n) is 14.1. The molecule has 1 N–H and O–H groups in total. The summed E-state index contributed by atoms with van der Waals surface area (Å²) >= 11 is 0. The first-order chi connectivity index (χ1) is 10.2. The molecule has 6 heteroatoms. The third-order valence-corrected chi connectivity index (χ3v) is 4.44. The van der Waals surface area contributed by atoms with Crippen LogP contribution in [0.2, 0.25) is 0 Å². The fourth-order valence-electron chi connectivity index (χ4n) is 3.56. The molecule has 22 heavy (non-hydrogen) atoms. The molecule has 0 bridgehead atoms. The Balaban J connectivity index is 1.71. The van der Waals surface area contributed by atoms with E-state index in [0.29, 0.717) is 0 Å². The topological polar surface area (TPSA) is 66.4 Å². The summed E-state index contributed by atoms with van der Waals surface area (Å²) in [6.45, 7) is 9.57. The van der Waals surface area contributed by atoms with E-state index in [4.69, 9.17) is 23.7 Å². The van der Waals surface area contributed by atoms with Crippen molar-refractivity contribution in [1.29, 1.82) is 0 Å². The number of rotatable bonds is 4. The van der Waals surface area contributed by atoms with Gasteiger partial charge in [-0.15, -0.1) is 0 Å². The highest BCUT2D eigenvalue weighted by atomic mass is 16.8. The SMILES string of the molecule is CCCC[C@@H]1OC(C)(C)O[C@H]1[C@H]1O[C@@H]2OC(C)(C)O[C@@H]2[C@H]1O. The van der Waals surface area contributed by atoms with E-state index in [9.17, 15) is 5.11 Å². The van der Waals surface area contributed by atoms with Crippen molar-refractivity contribution in [2.45, 2.75) is 102 Å². The molecule has 128 valence electrons. The largest absolute Gasteiger partial charge is 0.387 e. The van der Waals surface area contributed by atoms with Gasteiger partial charge in [0.1, 0.15) is 24.4 Å². The second-order valence-corrected chi connectivity index (χ2v) is 7.34. The van der Waals surface area contributed by atoms with Gasteiger partial charge in [0.05, 0.1) is 6.10 Å². The van der Waals surface area contributed by atoms with E-state index in [1.54, 1.807) is 0 Å². The molecule has 0 amide bonds. The van der Waals surface area contributed by atoms with Gasteiger partial charge in [-0.25, -0.2) is 0 Å². The van der Waals surface area contributed by atoms with Crippen molar-refractivity contribution in [2.24, 2.45) is 0 Å². The predicted octanol–water partition coefficient (Wildman–Crippen LogP) is 1.93. The molecule has 0 radical (unpaired) electrons. The van der Waals surface area contributed by atoms with E-state index in [1.165, 1.54) is 0 Å². The summed E-state index contributed by atoms with van der Waals surface area (Å²) < 4.78 is 29.4. The lowest BCUT2D eigenvalue weighted by Crippen LogP contribution is -2.45. The maximum absolute atomic E-state index is 10.6. The van der Waals surface area contributed by atoms with E-state index < -0.39 is 36.2 Å². The Morgan fingerprint density at radius 1 is 0.864 bits per heavy atom. The van der Waals surface area contributed by atoms with Gasteiger partial charge in [0.2, 0.25) is 0 Å². The monoisotopic (exact) mass is 316 g/mol. The van der Waals surface area contributed by atoms with Gasteiger partial charge in [-0.05, 0) is 34.1 Å². The van der Waals surface area contributed by atoms with E-state index in [1.807, 2.05) is 27.7 Å². The van der Waals surface area contributed by atoms with Gasteiger partial charge >= 0.3 is 0 Å². The molecule has 3 rings (SSSR count). The van der Waals surface area contributed by atoms with Crippen molar-refractivity contribution >= 4 is 0 Å². The van der Waals surface area contributed by atoms with E-state index in [-0.39, 0.29) is 12.2 Å². The van der Waals surface area contributed by atoms with Crippen LogP contribution in [-0.2, 0) is 23.7 Å². The lowest BCUT2D eigenvalue weighted by atomic mass is 9.98. The van der Waals surface area contributed by atoms with Crippen LogP contribution in [0.5, 0.6) is 0 Å². The molecular formula is C16H28O6. The minimum absolute atomic E-state index is 0.0820. The second kappa shape index (κ2) is 5.69. The van der Waals surface area contributed by atoms with Crippen LogP contribution < -0.4 is 0 Å². The van der Waals surface area contributed by atoms with Crippen LogP contribution in [0.25, 0.3) is 0 Å². The summed E-state index contributed by atoms with van der Waals surface area (Å²) in [4.78, 5) is 0. The van der Waals surface area contributed by atoms with Crippen molar-refractivity contribution in [3.63, 3.8) is 0 Å². The normalized spacial score (nSPS) is 46.1. The first kappa shape index (κ1) is 16.6. The Hall–Kier alpha value is -0.240. The van der Waals surface area contributed by atoms with Crippen LogP contribution in [-0.4, -0.2) is 53.5 Å². The van der Waals surface area contributed by atoms with Gasteiger partial charge in [0.15, 0.2) is 17.9 Å². The summed E-state index contributed by atoms with van der Waals surface area (Å²) in [5.41, 5.74) is 0.